The summed E-state index contributed by atoms with van der Waals surface area (Å²) in [6.07, 6.45) is 0. The Morgan fingerprint density at radius 3 is 2.60 bits per heavy atom. The van der Waals surface area contributed by atoms with E-state index in [1.54, 1.807) is 0 Å². The number of phenolic OH excluding ortho intramolecular Hbond substituents is 1. The smallest absolute Gasteiger partial charge is 0.321 e. The number of aromatic hydroxyl groups is 1. The highest BCUT2D eigenvalue weighted by atomic mass is 19.1. The molecule has 1 aromatic carbocycles. The van der Waals surface area contributed by atoms with E-state index in [-0.39, 0.29) is 11.3 Å². The molecule has 0 aromatic heterocycles. The molecule has 0 saturated carbocycles. The molecule has 0 saturated heterocycles. The Hall–Kier alpha value is -1.62. The Morgan fingerprint density at radius 2 is 2.13 bits per heavy atom. The number of carboxylic acid groups (broad SMARTS) is 1. The Kier molecular flexibility index (Phi) is 3.26. The van der Waals surface area contributed by atoms with Crippen LogP contribution in [0.25, 0.3) is 0 Å². The van der Waals surface area contributed by atoms with Gasteiger partial charge in [-0.25, -0.2) is 4.39 Å². The van der Waals surface area contributed by atoms with Crippen LogP contribution in [0.1, 0.15) is 18.4 Å². The van der Waals surface area contributed by atoms with Gasteiger partial charge in [0.1, 0.15) is 17.6 Å². The lowest BCUT2D eigenvalue weighted by Gasteiger charge is -2.16. The van der Waals surface area contributed by atoms with Gasteiger partial charge in [0.15, 0.2) is 0 Å². The first-order valence-electron chi connectivity index (χ1n) is 4.40. The third-order valence-corrected chi connectivity index (χ3v) is 2.30. The van der Waals surface area contributed by atoms with Crippen molar-refractivity contribution in [1.82, 2.24) is 0 Å². The zero-order valence-corrected chi connectivity index (χ0v) is 8.14. The highest BCUT2D eigenvalue weighted by Gasteiger charge is 2.23. The van der Waals surface area contributed by atoms with Gasteiger partial charge in [-0.1, -0.05) is 13.0 Å². The molecule has 1 rings (SSSR count). The maximum absolute atomic E-state index is 13.3. The van der Waals surface area contributed by atoms with Crippen molar-refractivity contribution in [2.24, 2.45) is 5.73 Å². The van der Waals surface area contributed by atoms with Crippen LogP contribution in [0.2, 0.25) is 0 Å². The highest BCUT2D eigenvalue weighted by Crippen LogP contribution is 2.24. The lowest BCUT2D eigenvalue weighted by Crippen LogP contribution is -2.35. The van der Waals surface area contributed by atoms with Gasteiger partial charge in [-0.05, 0) is 11.6 Å². The molecule has 4 N–H and O–H groups in total. The van der Waals surface area contributed by atoms with E-state index >= 15 is 0 Å². The molecule has 2 atom stereocenters. The summed E-state index contributed by atoms with van der Waals surface area (Å²) < 4.78 is 13.3. The minimum Gasteiger partial charge on any atom is -0.508 e. The van der Waals surface area contributed by atoms with Crippen molar-refractivity contribution < 1.29 is 19.4 Å². The zero-order chi connectivity index (χ0) is 11.6. The van der Waals surface area contributed by atoms with E-state index < -0.39 is 23.7 Å². The minimum atomic E-state index is -1.19. The summed E-state index contributed by atoms with van der Waals surface area (Å²) in [6, 6.07) is 2.39. The number of hydrogen-bond donors (Lipinski definition) is 3. The molecule has 0 aliphatic heterocycles. The summed E-state index contributed by atoms with van der Waals surface area (Å²) in [7, 11) is 0. The van der Waals surface area contributed by atoms with Crippen molar-refractivity contribution in [3.63, 3.8) is 0 Å². The van der Waals surface area contributed by atoms with E-state index in [9.17, 15) is 9.18 Å². The second-order valence-electron chi connectivity index (χ2n) is 3.36. The highest BCUT2D eigenvalue weighted by molar-refractivity contribution is 5.74. The molecule has 1 aromatic rings. The average molecular weight is 213 g/mol. The van der Waals surface area contributed by atoms with E-state index in [1.165, 1.54) is 19.1 Å². The summed E-state index contributed by atoms with van der Waals surface area (Å²) >= 11 is 0. The van der Waals surface area contributed by atoms with Crippen LogP contribution in [0.5, 0.6) is 5.75 Å². The molecule has 0 aliphatic carbocycles. The Morgan fingerprint density at radius 1 is 1.53 bits per heavy atom. The summed E-state index contributed by atoms with van der Waals surface area (Å²) in [4.78, 5) is 10.6. The Balaban J connectivity index is 3.01. The lowest BCUT2D eigenvalue weighted by molar-refractivity contribution is -0.139. The van der Waals surface area contributed by atoms with Gasteiger partial charge < -0.3 is 15.9 Å². The van der Waals surface area contributed by atoms with Crippen molar-refractivity contribution in [3.05, 3.63) is 29.6 Å². The number of benzene rings is 1. The second kappa shape index (κ2) is 4.27. The third-order valence-electron chi connectivity index (χ3n) is 2.30. The summed E-state index contributed by atoms with van der Waals surface area (Å²) in [5.74, 6) is -2.69. The first-order valence-corrected chi connectivity index (χ1v) is 4.40. The fraction of sp³-hybridized carbons (Fsp3) is 0.300. The topological polar surface area (TPSA) is 83.5 Å². The monoisotopic (exact) mass is 213 g/mol. The van der Waals surface area contributed by atoms with Crippen LogP contribution in [0.3, 0.4) is 0 Å². The number of aliphatic carboxylic acids is 1. The largest absolute Gasteiger partial charge is 0.508 e. The van der Waals surface area contributed by atoms with Gasteiger partial charge in [-0.3, -0.25) is 4.79 Å². The number of nitrogens with two attached hydrogens (primary N) is 1. The van der Waals surface area contributed by atoms with Gasteiger partial charge >= 0.3 is 5.97 Å². The van der Waals surface area contributed by atoms with Crippen molar-refractivity contribution >= 4 is 5.97 Å². The normalized spacial score (nSPS) is 14.6. The van der Waals surface area contributed by atoms with Crippen LogP contribution < -0.4 is 5.73 Å². The van der Waals surface area contributed by atoms with Crippen LogP contribution >= 0.6 is 0 Å². The number of halogens is 1. The first kappa shape index (κ1) is 11.5. The van der Waals surface area contributed by atoms with Crippen LogP contribution in [0.15, 0.2) is 18.2 Å². The fourth-order valence-corrected chi connectivity index (χ4v) is 1.29. The van der Waals surface area contributed by atoms with Gasteiger partial charge in [-0.15, -0.1) is 0 Å². The predicted octanol–water partition coefficient (Wildman–Crippen LogP) is 1.05. The van der Waals surface area contributed by atoms with Crippen molar-refractivity contribution in [3.8, 4) is 5.75 Å². The molecule has 0 heterocycles. The summed E-state index contributed by atoms with van der Waals surface area (Å²) in [5.41, 5.74) is 5.55. The molecule has 15 heavy (non-hydrogen) atoms. The second-order valence-corrected chi connectivity index (χ2v) is 3.36. The van der Waals surface area contributed by atoms with Gasteiger partial charge in [0.25, 0.3) is 0 Å². The molecule has 0 unspecified atom stereocenters. The SMILES string of the molecule is C[C@@H](c1ccc(O)cc1F)[C@H](N)C(=O)O. The number of phenols is 1. The lowest BCUT2D eigenvalue weighted by atomic mass is 9.93. The molecule has 4 nitrogen and oxygen atoms in total. The molecular weight excluding hydrogens is 201 g/mol. The minimum absolute atomic E-state index is 0.183. The van der Waals surface area contributed by atoms with Gasteiger partial charge in [0.05, 0.1) is 0 Å². The first-order chi connectivity index (χ1) is 6.93. The molecule has 0 spiro atoms. The molecule has 0 aliphatic rings. The molecule has 0 radical (unpaired) electrons. The molecule has 0 bridgehead atoms. The van der Waals surface area contributed by atoms with Crippen molar-refractivity contribution in [2.75, 3.05) is 0 Å². The Labute approximate surface area is 86.1 Å². The van der Waals surface area contributed by atoms with E-state index in [4.69, 9.17) is 15.9 Å². The van der Waals surface area contributed by atoms with Crippen LogP contribution in [0, 0.1) is 5.82 Å². The van der Waals surface area contributed by atoms with Gasteiger partial charge in [0.2, 0.25) is 0 Å². The summed E-state index contributed by atoms with van der Waals surface area (Å²) in [5, 5.41) is 17.6. The number of carbonyl (C=O) groups is 1. The van der Waals surface area contributed by atoms with E-state index in [2.05, 4.69) is 0 Å². The molecule has 82 valence electrons. The summed E-state index contributed by atoms with van der Waals surface area (Å²) in [6.45, 7) is 1.52. The standard InChI is InChI=1S/C10H12FNO3/c1-5(9(12)10(14)15)7-3-2-6(13)4-8(7)11/h2-5,9,13H,12H2,1H3,(H,14,15)/t5-,9-/m0/s1. The van der Waals surface area contributed by atoms with Crippen LogP contribution in [-0.2, 0) is 4.79 Å². The van der Waals surface area contributed by atoms with Crippen molar-refractivity contribution in [1.29, 1.82) is 0 Å². The maximum atomic E-state index is 13.3. The third kappa shape index (κ3) is 2.44. The van der Waals surface area contributed by atoms with Crippen LogP contribution in [-0.4, -0.2) is 22.2 Å². The predicted molar refractivity (Wildman–Crippen MR) is 52.1 cm³/mol. The molecule has 0 fully saturated rings. The zero-order valence-electron chi connectivity index (χ0n) is 8.14. The molecule has 5 heteroatoms. The quantitative estimate of drug-likeness (QED) is 0.700. The number of hydrogen-bond acceptors (Lipinski definition) is 3. The van der Waals surface area contributed by atoms with E-state index in [1.807, 2.05) is 0 Å². The molecule has 0 amide bonds. The average Bonchev–Trinajstić information content (AvgIpc) is 2.15. The van der Waals surface area contributed by atoms with Gasteiger partial charge in [0, 0.05) is 12.0 Å². The number of rotatable bonds is 3. The Bertz CT molecular complexity index is 381. The maximum Gasteiger partial charge on any atom is 0.321 e. The van der Waals surface area contributed by atoms with Crippen molar-refractivity contribution in [2.45, 2.75) is 18.9 Å². The molecular formula is C10H12FNO3. The van der Waals surface area contributed by atoms with Crippen LogP contribution in [0.4, 0.5) is 4.39 Å². The number of carboxylic acids is 1. The van der Waals surface area contributed by atoms with E-state index in [0.29, 0.717) is 0 Å². The van der Waals surface area contributed by atoms with E-state index in [0.717, 1.165) is 6.07 Å². The van der Waals surface area contributed by atoms with Gasteiger partial charge in [-0.2, -0.15) is 0 Å². The fourth-order valence-electron chi connectivity index (χ4n) is 1.29.